The van der Waals surface area contributed by atoms with Crippen molar-refractivity contribution in [3.05, 3.63) is 11.8 Å². The van der Waals surface area contributed by atoms with Gasteiger partial charge >= 0.3 is 12.1 Å². The molecule has 0 aromatic carbocycles. The molecule has 0 aromatic rings. The summed E-state index contributed by atoms with van der Waals surface area (Å²) in [6.07, 6.45) is 1.81. The second kappa shape index (κ2) is 8.89. The van der Waals surface area contributed by atoms with Gasteiger partial charge in [0.15, 0.2) is 0 Å². The molecule has 2 aliphatic rings. The summed E-state index contributed by atoms with van der Waals surface area (Å²) in [7, 11) is 1.34. The molecular formula is C16H25NO7. The first-order valence-corrected chi connectivity index (χ1v) is 8.15. The number of fused-ring (bicyclic) bond motifs is 1. The summed E-state index contributed by atoms with van der Waals surface area (Å²) in [5.74, 6) is -0.218. The van der Waals surface area contributed by atoms with Crippen LogP contribution in [0.15, 0.2) is 11.8 Å². The predicted octanol–water partition coefficient (Wildman–Crippen LogP) is 0.797. The monoisotopic (exact) mass is 343 g/mol. The molecular weight excluding hydrogens is 318 g/mol. The normalized spacial score (nSPS) is 28.4. The molecule has 1 aliphatic carbocycles. The van der Waals surface area contributed by atoms with Crippen LogP contribution in [0.3, 0.4) is 0 Å². The highest BCUT2D eigenvalue weighted by Crippen LogP contribution is 2.46. The molecule has 2 rings (SSSR count). The third-order valence-corrected chi connectivity index (χ3v) is 4.49. The molecule has 1 fully saturated rings. The number of methoxy groups -OCH3 is 1. The summed E-state index contributed by atoms with van der Waals surface area (Å²) in [6.45, 7) is 2.79. The Hall–Kier alpha value is -1.80. The van der Waals surface area contributed by atoms with Crippen LogP contribution < -0.4 is 5.32 Å². The molecule has 4 unspecified atom stereocenters. The van der Waals surface area contributed by atoms with E-state index in [0.717, 1.165) is 12.8 Å². The van der Waals surface area contributed by atoms with Crippen LogP contribution in [0.5, 0.6) is 0 Å². The number of amides is 1. The fourth-order valence-electron chi connectivity index (χ4n) is 3.33. The molecule has 8 heteroatoms. The van der Waals surface area contributed by atoms with Gasteiger partial charge in [0, 0.05) is 18.4 Å². The quantitative estimate of drug-likeness (QED) is 0.520. The molecule has 24 heavy (non-hydrogen) atoms. The highest BCUT2D eigenvalue weighted by Gasteiger charge is 2.47. The van der Waals surface area contributed by atoms with Crippen molar-refractivity contribution in [3.8, 4) is 0 Å². The predicted molar refractivity (Wildman–Crippen MR) is 82.7 cm³/mol. The number of rotatable bonds is 7. The molecule has 136 valence electrons. The van der Waals surface area contributed by atoms with Crippen LogP contribution >= 0.6 is 0 Å². The van der Waals surface area contributed by atoms with Crippen LogP contribution in [0.1, 0.15) is 19.8 Å². The van der Waals surface area contributed by atoms with E-state index < -0.39 is 18.4 Å². The number of aliphatic hydroxyl groups is 1. The lowest BCUT2D eigenvalue weighted by atomic mass is 9.83. The zero-order valence-electron chi connectivity index (χ0n) is 14.0. The third-order valence-electron chi connectivity index (χ3n) is 4.49. The lowest BCUT2D eigenvalue weighted by Crippen LogP contribution is -2.41. The SMILES string of the molecule is COC(=O)C1=COC(OC(=O)NCCOCCO)C2C(C)CCC12. The fourth-order valence-corrected chi connectivity index (χ4v) is 3.33. The lowest BCUT2D eigenvalue weighted by Gasteiger charge is -2.34. The number of carbonyl (C=O) groups excluding carboxylic acids is 2. The van der Waals surface area contributed by atoms with Crippen molar-refractivity contribution in [1.29, 1.82) is 0 Å². The third kappa shape index (κ3) is 4.39. The minimum atomic E-state index is -0.723. The smallest absolute Gasteiger partial charge is 0.410 e. The Kier molecular flexibility index (Phi) is 6.86. The molecule has 1 heterocycles. The minimum Gasteiger partial charge on any atom is -0.466 e. The average molecular weight is 343 g/mol. The molecule has 0 aromatic heterocycles. The number of esters is 1. The highest BCUT2D eigenvalue weighted by molar-refractivity contribution is 5.89. The Morgan fingerprint density at radius 2 is 2.17 bits per heavy atom. The van der Waals surface area contributed by atoms with Crippen molar-refractivity contribution in [3.63, 3.8) is 0 Å². The van der Waals surface area contributed by atoms with E-state index in [1.165, 1.54) is 13.4 Å². The van der Waals surface area contributed by atoms with Gasteiger partial charge in [-0.3, -0.25) is 0 Å². The largest absolute Gasteiger partial charge is 0.466 e. The molecule has 1 saturated carbocycles. The summed E-state index contributed by atoms with van der Waals surface area (Å²) in [6, 6.07) is 0. The van der Waals surface area contributed by atoms with Crippen molar-refractivity contribution in [2.45, 2.75) is 26.1 Å². The second-order valence-corrected chi connectivity index (χ2v) is 5.98. The highest BCUT2D eigenvalue weighted by atomic mass is 16.7. The zero-order valence-corrected chi connectivity index (χ0v) is 14.0. The van der Waals surface area contributed by atoms with Gasteiger partial charge in [-0.05, 0) is 18.8 Å². The van der Waals surface area contributed by atoms with E-state index >= 15 is 0 Å². The lowest BCUT2D eigenvalue weighted by molar-refractivity contribution is -0.145. The van der Waals surface area contributed by atoms with E-state index in [9.17, 15) is 9.59 Å². The van der Waals surface area contributed by atoms with E-state index in [-0.39, 0.29) is 44.1 Å². The zero-order chi connectivity index (χ0) is 17.5. The maximum absolute atomic E-state index is 11.9. The molecule has 0 spiro atoms. The molecule has 4 atom stereocenters. The van der Waals surface area contributed by atoms with Gasteiger partial charge in [0.1, 0.15) is 0 Å². The van der Waals surface area contributed by atoms with Crippen LogP contribution in [-0.2, 0) is 23.7 Å². The van der Waals surface area contributed by atoms with E-state index in [1.807, 2.05) is 0 Å². The van der Waals surface area contributed by atoms with Gasteiger partial charge in [-0.2, -0.15) is 0 Å². The maximum atomic E-state index is 11.9. The Bertz CT molecular complexity index is 479. The first kappa shape index (κ1) is 18.5. The van der Waals surface area contributed by atoms with E-state index in [1.54, 1.807) is 0 Å². The van der Waals surface area contributed by atoms with Gasteiger partial charge in [-0.1, -0.05) is 6.92 Å². The molecule has 0 radical (unpaired) electrons. The van der Waals surface area contributed by atoms with Crippen molar-refractivity contribution in [2.24, 2.45) is 17.8 Å². The van der Waals surface area contributed by atoms with Crippen LogP contribution in [0.4, 0.5) is 4.79 Å². The van der Waals surface area contributed by atoms with E-state index in [4.69, 9.17) is 24.1 Å². The molecule has 0 saturated heterocycles. The summed E-state index contributed by atoms with van der Waals surface area (Å²) in [5.41, 5.74) is 0.504. The van der Waals surface area contributed by atoms with Gasteiger partial charge in [0.05, 0.1) is 38.8 Å². The first-order chi connectivity index (χ1) is 11.6. The standard InChI is InChI=1S/C16H25NO7/c1-10-3-4-11-12(14(19)21-2)9-23-15(13(10)11)24-16(20)17-5-7-22-8-6-18/h9-11,13,15,18H,3-8H2,1-2H3,(H,17,20). The Morgan fingerprint density at radius 3 is 2.88 bits per heavy atom. The average Bonchev–Trinajstić information content (AvgIpc) is 2.97. The van der Waals surface area contributed by atoms with Crippen molar-refractivity contribution in [2.75, 3.05) is 33.5 Å². The number of hydrogen-bond acceptors (Lipinski definition) is 7. The molecule has 2 N–H and O–H groups in total. The number of hydrogen-bond donors (Lipinski definition) is 2. The van der Waals surface area contributed by atoms with Gasteiger partial charge in [-0.15, -0.1) is 0 Å². The summed E-state index contributed by atoms with van der Waals surface area (Å²) >= 11 is 0. The van der Waals surface area contributed by atoms with Crippen LogP contribution in [0.25, 0.3) is 0 Å². The summed E-state index contributed by atoms with van der Waals surface area (Å²) in [5, 5.41) is 11.2. The summed E-state index contributed by atoms with van der Waals surface area (Å²) in [4.78, 5) is 23.7. The van der Waals surface area contributed by atoms with Crippen molar-refractivity contribution >= 4 is 12.1 Å². The number of carbonyl (C=O) groups is 2. The second-order valence-electron chi connectivity index (χ2n) is 5.98. The Morgan fingerprint density at radius 1 is 1.38 bits per heavy atom. The number of alkyl carbamates (subject to hydrolysis) is 1. The molecule has 1 amide bonds. The van der Waals surface area contributed by atoms with Crippen molar-refractivity contribution in [1.82, 2.24) is 5.32 Å². The Labute approximate surface area is 141 Å². The van der Waals surface area contributed by atoms with Crippen LogP contribution in [0.2, 0.25) is 0 Å². The van der Waals surface area contributed by atoms with E-state index in [0.29, 0.717) is 5.57 Å². The minimum absolute atomic E-state index is 0.0214. The molecule has 1 aliphatic heterocycles. The van der Waals surface area contributed by atoms with Gasteiger partial charge < -0.3 is 29.4 Å². The number of nitrogens with one attached hydrogen (secondary N) is 1. The first-order valence-electron chi connectivity index (χ1n) is 8.15. The van der Waals surface area contributed by atoms with Crippen LogP contribution in [0, 0.1) is 17.8 Å². The van der Waals surface area contributed by atoms with Gasteiger partial charge in [0.2, 0.25) is 6.29 Å². The topological polar surface area (TPSA) is 103 Å². The van der Waals surface area contributed by atoms with Crippen LogP contribution in [-0.4, -0.2) is 56.9 Å². The van der Waals surface area contributed by atoms with Gasteiger partial charge in [-0.25, -0.2) is 9.59 Å². The van der Waals surface area contributed by atoms with Gasteiger partial charge in [0.25, 0.3) is 0 Å². The van der Waals surface area contributed by atoms with E-state index in [2.05, 4.69) is 12.2 Å². The number of ether oxygens (including phenoxy) is 4. The van der Waals surface area contributed by atoms with Crippen molar-refractivity contribution < 1.29 is 33.6 Å². The molecule has 8 nitrogen and oxygen atoms in total. The maximum Gasteiger partial charge on any atom is 0.410 e. The Balaban J connectivity index is 1.90. The summed E-state index contributed by atoms with van der Waals surface area (Å²) < 4.78 is 20.7. The fraction of sp³-hybridized carbons (Fsp3) is 0.750. The number of aliphatic hydroxyl groups excluding tert-OH is 1. The molecule has 0 bridgehead atoms.